The first-order chi connectivity index (χ1) is 10.0. The molecule has 0 saturated carbocycles. The van der Waals surface area contributed by atoms with Gasteiger partial charge in [0.2, 0.25) is 0 Å². The summed E-state index contributed by atoms with van der Waals surface area (Å²) in [5, 5.41) is 0. The molecule has 2 rings (SSSR count). The first kappa shape index (κ1) is 16.5. The fourth-order valence-electron chi connectivity index (χ4n) is 2.90. The van der Waals surface area contributed by atoms with Crippen LogP contribution in [0.5, 0.6) is 0 Å². The summed E-state index contributed by atoms with van der Waals surface area (Å²) in [6.07, 6.45) is 3.68. The highest BCUT2D eigenvalue weighted by molar-refractivity contribution is 5.28. The van der Waals surface area contributed by atoms with E-state index in [1.54, 1.807) is 0 Å². The summed E-state index contributed by atoms with van der Waals surface area (Å²) in [5.74, 6) is 0. The van der Waals surface area contributed by atoms with Crippen molar-refractivity contribution in [2.24, 2.45) is 0 Å². The summed E-state index contributed by atoms with van der Waals surface area (Å²) in [4.78, 5) is 5.03. The minimum absolute atomic E-state index is 0.304. The molecule has 0 aliphatic carbocycles. The van der Waals surface area contributed by atoms with Crippen LogP contribution in [0.15, 0.2) is 24.3 Å². The van der Waals surface area contributed by atoms with Crippen LogP contribution in [0.2, 0.25) is 0 Å². The average molecular weight is 288 g/mol. The highest BCUT2D eigenvalue weighted by Gasteiger charge is 2.17. The summed E-state index contributed by atoms with van der Waals surface area (Å²) in [5.41, 5.74) is 3.26. The molecule has 0 bridgehead atoms. The molecule has 0 radical (unpaired) electrons. The third kappa shape index (κ3) is 4.82. The zero-order valence-electron chi connectivity index (χ0n) is 14.4. The number of likely N-dealkylation sites (N-methyl/N-ethyl adjacent to an activating group) is 1. The molecular formula is C19H32N2. The average Bonchev–Trinajstić information content (AvgIpc) is 2.50. The number of aryl methyl sites for hydroxylation is 1. The highest BCUT2D eigenvalue weighted by atomic mass is 15.2. The van der Waals surface area contributed by atoms with E-state index in [4.69, 9.17) is 0 Å². The molecule has 0 N–H and O–H groups in total. The van der Waals surface area contributed by atoms with Gasteiger partial charge in [-0.05, 0) is 49.4 Å². The largest absolute Gasteiger partial charge is 0.304 e. The van der Waals surface area contributed by atoms with Gasteiger partial charge in [-0.25, -0.2) is 0 Å². The number of benzene rings is 1. The Hall–Kier alpha value is -0.860. The van der Waals surface area contributed by atoms with Crippen LogP contribution in [0.1, 0.15) is 44.7 Å². The molecule has 0 amide bonds. The lowest BCUT2D eigenvalue weighted by Gasteiger charge is -2.32. The minimum Gasteiger partial charge on any atom is -0.304 e. The normalized spacial score (nSPS) is 18.1. The van der Waals surface area contributed by atoms with E-state index >= 15 is 0 Å². The molecule has 1 fully saturated rings. The van der Waals surface area contributed by atoms with E-state index in [1.165, 1.54) is 63.1 Å². The molecule has 1 aromatic rings. The van der Waals surface area contributed by atoms with Crippen molar-refractivity contribution in [1.82, 2.24) is 9.80 Å². The van der Waals surface area contributed by atoms with Crippen LogP contribution in [0.4, 0.5) is 0 Å². The van der Waals surface area contributed by atoms with Gasteiger partial charge >= 0.3 is 0 Å². The second-order valence-electron chi connectivity index (χ2n) is 7.18. The van der Waals surface area contributed by atoms with Crippen LogP contribution in [-0.2, 0) is 11.8 Å². The molecule has 0 spiro atoms. The van der Waals surface area contributed by atoms with Gasteiger partial charge in [0.05, 0.1) is 0 Å². The van der Waals surface area contributed by atoms with Crippen molar-refractivity contribution in [3.8, 4) is 0 Å². The summed E-state index contributed by atoms with van der Waals surface area (Å²) in [6, 6.07) is 9.32. The monoisotopic (exact) mass is 288 g/mol. The van der Waals surface area contributed by atoms with Crippen LogP contribution >= 0.6 is 0 Å². The Bertz CT molecular complexity index is 414. The fourth-order valence-corrected chi connectivity index (χ4v) is 2.90. The number of hydrogen-bond acceptors (Lipinski definition) is 2. The summed E-state index contributed by atoms with van der Waals surface area (Å²) in [7, 11) is 2.22. The quantitative estimate of drug-likeness (QED) is 0.790. The molecule has 1 aliphatic rings. The molecule has 0 atom stereocenters. The molecule has 21 heavy (non-hydrogen) atoms. The van der Waals surface area contributed by atoms with Crippen LogP contribution in [0.3, 0.4) is 0 Å². The molecule has 1 aromatic carbocycles. The van der Waals surface area contributed by atoms with Crippen molar-refractivity contribution < 1.29 is 0 Å². The van der Waals surface area contributed by atoms with Gasteiger partial charge in [-0.15, -0.1) is 0 Å². The Morgan fingerprint density at radius 1 is 1.00 bits per heavy atom. The first-order valence-corrected chi connectivity index (χ1v) is 8.51. The number of piperazine rings is 1. The minimum atomic E-state index is 0.304. The number of hydrogen-bond donors (Lipinski definition) is 0. The van der Waals surface area contributed by atoms with Crippen LogP contribution in [0, 0.1) is 0 Å². The molecule has 1 saturated heterocycles. The maximum absolute atomic E-state index is 2.61. The maximum atomic E-state index is 2.61. The van der Waals surface area contributed by atoms with E-state index in [9.17, 15) is 0 Å². The van der Waals surface area contributed by atoms with Gasteiger partial charge in [0.1, 0.15) is 0 Å². The Kier molecular flexibility index (Phi) is 5.83. The van der Waals surface area contributed by atoms with E-state index < -0.39 is 0 Å². The molecule has 2 nitrogen and oxygen atoms in total. The second-order valence-corrected chi connectivity index (χ2v) is 7.18. The lowest BCUT2D eigenvalue weighted by Crippen LogP contribution is -2.44. The zero-order valence-corrected chi connectivity index (χ0v) is 14.4. The third-order valence-electron chi connectivity index (χ3n) is 5.15. The van der Waals surface area contributed by atoms with Crippen molar-refractivity contribution in [1.29, 1.82) is 0 Å². The molecule has 0 aromatic heterocycles. The molecule has 1 aliphatic heterocycles. The Labute approximate surface area is 131 Å². The van der Waals surface area contributed by atoms with Crippen LogP contribution in [0.25, 0.3) is 0 Å². The lowest BCUT2D eigenvalue weighted by molar-refractivity contribution is 0.153. The van der Waals surface area contributed by atoms with Gasteiger partial charge in [-0.2, -0.15) is 0 Å². The molecule has 118 valence electrons. The van der Waals surface area contributed by atoms with Crippen molar-refractivity contribution in [3.63, 3.8) is 0 Å². The zero-order chi connectivity index (χ0) is 15.3. The summed E-state index contributed by atoms with van der Waals surface area (Å²) >= 11 is 0. The van der Waals surface area contributed by atoms with Crippen LogP contribution < -0.4 is 0 Å². The van der Waals surface area contributed by atoms with Crippen molar-refractivity contribution in [2.45, 2.75) is 45.4 Å². The third-order valence-corrected chi connectivity index (χ3v) is 5.15. The topological polar surface area (TPSA) is 6.48 Å². The van der Waals surface area contributed by atoms with Gasteiger partial charge in [0, 0.05) is 26.2 Å². The number of nitrogens with zero attached hydrogens (tertiary/aromatic N) is 2. The molecule has 0 unspecified atom stereocenters. The SMILES string of the molecule is CCC(C)(C)c1ccc(CCCN2CCN(C)CC2)cc1. The maximum Gasteiger partial charge on any atom is 0.0110 e. The van der Waals surface area contributed by atoms with Crippen molar-refractivity contribution in [2.75, 3.05) is 39.8 Å². The Morgan fingerprint density at radius 3 is 2.19 bits per heavy atom. The van der Waals surface area contributed by atoms with Gasteiger partial charge in [0.15, 0.2) is 0 Å². The highest BCUT2D eigenvalue weighted by Crippen LogP contribution is 2.26. The predicted molar refractivity (Wildman–Crippen MR) is 92.0 cm³/mol. The summed E-state index contributed by atoms with van der Waals surface area (Å²) < 4.78 is 0. The lowest BCUT2D eigenvalue weighted by atomic mass is 9.82. The predicted octanol–water partition coefficient (Wildman–Crippen LogP) is 3.55. The van der Waals surface area contributed by atoms with E-state index in [1.807, 2.05) is 0 Å². The van der Waals surface area contributed by atoms with Gasteiger partial charge in [0.25, 0.3) is 0 Å². The molecule has 1 heterocycles. The second kappa shape index (κ2) is 7.42. The van der Waals surface area contributed by atoms with Crippen molar-refractivity contribution >= 4 is 0 Å². The van der Waals surface area contributed by atoms with E-state index in [-0.39, 0.29) is 0 Å². The van der Waals surface area contributed by atoms with E-state index in [0.717, 1.165) is 0 Å². The number of rotatable bonds is 6. The van der Waals surface area contributed by atoms with E-state index in [2.05, 4.69) is 61.9 Å². The van der Waals surface area contributed by atoms with Crippen LogP contribution in [-0.4, -0.2) is 49.6 Å². The van der Waals surface area contributed by atoms with Gasteiger partial charge in [-0.1, -0.05) is 45.0 Å². The van der Waals surface area contributed by atoms with E-state index in [0.29, 0.717) is 5.41 Å². The summed E-state index contributed by atoms with van der Waals surface area (Å²) in [6.45, 7) is 13.1. The van der Waals surface area contributed by atoms with Crippen molar-refractivity contribution in [3.05, 3.63) is 35.4 Å². The molecule has 2 heteroatoms. The molecular weight excluding hydrogens is 256 g/mol. The first-order valence-electron chi connectivity index (χ1n) is 8.51. The smallest absolute Gasteiger partial charge is 0.0110 e. The van der Waals surface area contributed by atoms with Gasteiger partial charge in [-0.3, -0.25) is 0 Å². The Balaban J connectivity index is 1.76. The standard InChI is InChI=1S/C19H32N2/c1-5-19(2,3)18-10-8-17(9-11-18)7-6-12-21-15-13-20(4)14-16-21/h8-11H,5-7,12-16H2,1-4H3. The van der Waals surface area contributed by atoms with Gasteiger partial charge < -0.3 is 9.80 Å². The Morgan fingerprint density at radius 2 is 1.62 bits per heavy atom. The fraction of sp³-hybridized carbons (Fsp3) is 0.684.